The fourth-order valence-electron chi connectivity index (χ4n) is 1.86. The van der Waals surface area contributed by atoms with Gasteiger partial charge in [-0.15, -0.1) is 0 Å². The Morgan fingerprint density at radius 2 is 1.86 bits per heavy atom. The minimum Gasteiger partial charge on any atom is -0.381 e. The lowest BCUT2D eigenvalue weighted by molar-refractivity contribution is -0.121. The zero-order valence-electron chi connectivity index (χ0n) is 8.58. The van der Waals surface area contributed by atoms with Gasteiger partial charge in [-0.05, 0) is 19.8 Å². The minimum atomic E-state index is -3.31. The molecule has 82 valence electrons. The summed E-state index contributed by atoms with van der Waals surface area (Å²) in [5.41, 5.74) is 0. The van der Waals surface area contributed by atoms with Crippen molar-refractivity contribution < 1.29 is 17.9 Å². The fraction of sp³-hybridized carbons (Fsp3) is 0.889. The van der Waals surface area contributed by atoms with Gasteiger partial charge in [0.05, 0.1) is 0 Å². The molecular weight excluding hydrogens is 204 g/mol. The molecule has 1 aliphatic heterocycles. The number of ether oxygens (including phenoxy) is 1. The van der Waals surface area contributed by atoms with Crippen LogP contribution in [0.1, 0.15) is 26.7 Å². The first kappa shape index (κ1) is 11.7. The van der Waals surface area contributed by atoms with E-state index in [2.05, 4.69) is 0 Å². The van der Waals surface area contributed by atoms with Crippen molar-refractivity contribution in [1.29, 1.82) is 0 Å². The van der Waals surface area contributed by atoms with Crippen LogP contribution in [0.4, 0.5) is 0 Å². The van der Waals surface area contributed by atoms with E-state index in [4.69, 9.17) is 4.74 Å². The van der Waals surface area contributed by atoms with Crippen LogP contribution in [0.2, 0.25) is 0 Å². The smallest absolute Gasteiger partial charge is 0.162 e. The monoisotopic (exact) mass is 220 g/mol. The van der Waals surface area contributed by atoms with Gasteiger partial charge in [-0.3, -0.25) is 4.79 Å². The maximum atomic E-state index is 11.8. The zero-order valence-corrected chi connectivity index (χ0v) is 9.39. The second-order valence-electron chi connectivity index (χ2n) is 3.57. The molecule has 0 spiro atoms. The summed E-state index contributed by atoms with van der Waals surface area (Å²) < 4.78 is 27.6. The first-order chi connectivity index (χ1) is 6.46. The lowest BCUT2D eigenvalue weighted by atomic mass is 9.95. The molecule has 0 amide bonds. The topological polar surface area (TPSA) is 60.4 Å². The number of ketones is 1. The molecule has 0 unspecified atom stereocenters. The van der Waals surface area contributed by atoms with E-state index in [1.807, 2.05) is 0 Å². The molecule has 0 aliphatic carbocycles. The highest BCUT2D eigenvalue weighted by molar-refractivity contribution is 7.93. The molecule has 0 aromatic rings. The molecule has 5 heteroatoms. The highest BCUT2D eigenvalue weighted by Crippen LogP contribution is 2.31. The molecule has 0 N–H and O–H groups in total. The Morgan fingerprint density at radius 1 is 1.36 bits per heavy atom. The van der Waals surface area contributed by atoms with E-state index in [1.54, 1.807) is 6.92 Å². The summed E-state index contributed by atoms with van der Waals surface area (Å²) in [6.07, 6.45) is 0.608. The van der Waals surface area contributed by atoms with E-state index < -0.39 is 14.6 Å². The van der Waals surface area contributed by atoms with Crippen molar-refractivity contribution in [2.45, 2.75) is 31.4 Å². The molecule has 0 aromatic heterocycles. The molecule has 1 aliphatic rings. The van der Waals surface area contributed by atoms with Crippen molar-refractivity contribution in [3.63, 3.8) is 0 Å². The van der Waals surface area contributed by atoms with Gasteiger partial charge in [0.25, 0.3) is 0 Å². The van der Waals surface area contributed by atoms with Crippen LogP contribution in [0.15, 0.2) is 0 Å². The number of hydrogen-bond acceptors (Lipinski definition) is 4. The van der Waals surface area contributed by atoms with Crippen LogP contribution in [0.5, 0.6) is 0 Å². The van der Waals surface area contributed by atoms with Crippen molar-refractivity contribution in [1.82, 2.24) is 0 Å². The molecule has 0 aromatic carbocycles. The van der Waals surface area contributed by atoms with E-state index >= 15 is 0 Å². The maximum absolute atomic E-state index is 11.8. The van der Waals surface area contributed by atoms with Gasteiger partial charge in [-0.25, -0.2) is 8.42 Å². The summed E-state index contributed by atoms with van der Waals surface area (Å²) in [4.78, 5) is 11.5. The van der Waals surface area contributed by atoms with Crippen LogP contribution in [-0.2, 0) is 19.4 Å². The van der Waals surface area contributed by atoms with E-state index in [0.717, 1.165) is 0 Å². The summed E-state index contributed by atoms with van der Waals surface area (Å²) in [5, 5.41) is 0. The Hall–Kier alpha value is -0.420. The van der Waals surface area contributed by atoms with Crippen molar-refractivity contribution in [2.75, 3.05) is 19.0 Å². The third kappa shape index (κ3) is 1.70. The van der Waals surface area contributed by atoms with Crippen LogP contribution in [0.3, 0.4) is 0 Å². The average molecular weight is 220 g/mol. The van der Waals surface area contributed by atoms with Crippen LogP contribution >= 0.6 is 0 Å². The lowest BCUT2D eigenvalue weighted by Crippen LogP contribution is -2.50. The molecule has 4 nitrogen and oxygen atoms in total. The maximum Gasteiger partial charge on any atom is 0.162 e. The largest absolute Gasteiger partial charge is 0.381 e. The Balaban J connectivity index is 3.10. The molecule has 1 saturated heterocycles. The Morgan fingerprint density at radius 3 is 2.21 bits per heavy atom. The molecule has 0 saturated carbocycles. The molecule has 1 heterocycles. The second kappa shape index (κ2) is 3.98. The molecule has 0 atom stereocenters. The normalized spacial score (nSPS) is 21.9. The highest BCUT2D eigenvalue weighted by Gasteiger charge is 2.47. The molecule has 14 heavy (non-hydrogen) atoms. The van der Waals surface area contributed by atoms with Gasteiger partial charge in [0.15, 0.2) is 15.6 Å². The second-order valence-corrected chi connectivity index (χ2v) is 6.15. The van der Waals surface area contributed by atoms with Crippen LogP contribution in [-0.4, -0.2) is 37.9 Å². The molecular formula is C9H16O4S. The molecule has 0 radical (unpaired) electrons. The summed E-state index contributed by atoms with van der Waals surface area (Å²) >= 11 is 0. The van der Waals surface area contributed by atoms with Gasteiger partial charge in [0.2, 0.25) is 0 Å². The number of carbonyl (C=O) groups excluding carboxylic acids is 1. The van der Waals surface area contributed by atoms with Crippen LogP contribution < -0.4 is 0 Å². The van der Waals surface area contributed by atoms with Crippen molar-refractivity contribution in [3.05, 3.63) is 0 Å². The van der Waals surface area contributed by atoms with E-state index in [1.165, 1.54) is 6.92 Å². The van der Waals surface area contributed by atoms with Crippen molar-refractivity contribution in [3.8, 4) is 0 Å². The number of hydrogen-bond donors (Lipinski definition) is 0. The van der Waals surface area contributed by atoms with Crippen LogP contribution in [0.25, 0.3) is 0 Å². The number of carbonyl (C=O) groups is 1. The summed E-state index contributed by atoms with van der Waals surface area (Å²) in [5.74, 6) is -0.227. The standard InChI is InChI=1S/C9H16O4S/c1-3-14(11,12)9(8(2)10)4-6-13-7-5-9/h3-7H2,1-2H3. The predicted molar refractivity (Wildman–Crippen MR) is 52.9 cm³/mol. The SMILES string of the molecule is CCS(=O)(=O)C1(C(C)=O)CCOCC1. The Kier molecular flexibility index (Phi) is 3.32. The highest BCUT2D eigenvalue weighted by atomic mass is 32.2. The summed E-state index contributed by atoms with van der Waals surface area (Å²) in [6.45, 7) is 3.66. The lowest BCUT2D eigenvalue weighted by Gasteiger charge is -2.33. The van der Waals surface area contributed by atoms with Gasteiger partial charge in [-0.2, -0.15) is 0 Å². The first-order valence-corrected chi connectivity index (χ1v) is 6.42. The van der Waals surface area contributed by atoms with Gasteiger partial charge in [-0.1, -0.05) is 6.92 Å². The average Bonchev–Trinajstić information content (AvgIpc) is 2.18. The predicted octanol–water partition coefficient (Wildman–Crippen LogP) is 0.559. The quantitative estimate of drug-likeness (QED) is 0.697. The first-order valence-electron chi connectivity index (χ1n) is 4.77. The van der Waals surface area contributed by atoms with E-state index in [-0.39, 0.29) is 11.5 Å². The third-order valence-electron chi connectivity index (χ3n) is 2.92. The Bertz CT molecular complexity index is 312. The van der Waals surface area contributed by atoms with E-state index in [0.29, 0.717) is 26.1 Å². The Labute approximate surface area is 84.6 Å². The number of Topliss-reactive ketones (excluding diaryl/α,β-unsaturated/α-hetero) is 1. The van der Waals surface area contributed by atoms with Crippen molar-refractivity contribution >= 4 is 15.6 Å². The molecule has 1 fully saturated rings. The summed E-state index contributed by atoms with van der Waals surface area (Å²) in [7, 11) is -3.31. The van der Waals surface area contributed by atoms with Crippen molar-refractivity contribution in [2.24, 2.45) is 0 Å². The minimum absolute atomic E-state index is 0.0204. The fourth-order valence-corrected chi connectivity index (χ4v) is 3.64. The number of rotatable bonds is 3. The number of sulfone groups is 1. The van der Waals surface area contributed by atoms with E-state index in [9.17, 15) is 13.2 Å². The van der Waals surface area contributed by atoms with Gasteiger partial charge in [0, 0.05) is 19.0 Å². The molecule has 1 rings (SSSR count). The van der Waals surface area contributed by atoms with Crippen LogP contribution in [0, 0.1) is 0 Å². The molecule has 0 bridgehead atoms. The third-order valence-corrected chi connectivity index (χ3v) is 5.56. The van der Waals surface area contributed by atoms with Gasteiger partial charge < -0.3 is 4.74 Å². The van der Waals surface area contributed by atoms with Gasteiger partial charge >= 0.3 is 0 Å². The zero-order chi connectivity index (χ0) is 10.8. The van der Waals surface area contributed by atoms with Gasteiger partial charge in [0.1, 0.15) is 4.75 Å². The summed E-state index contributed by atoms with van der Waals surface area (Å²) in [6, 6.07) is 0.